The molecule has 6 nitrogen and oxygen atoms in total. The Kier molecular flexibility index (Phi) is 5.01. The first-order chi connectivity index (χ1) is 12.7. The number of fused-ring (bicyclic) bond motifs is 1. The summed E-state index contributed by atoms with van der Waals surface area (Å²) in [4.78, 5) is 12.0. The van der Waals surface area contributed by atoms with Gasteiger partial charge in [0, 0.05) is 5.69 Å². The molecule has 0 aliphatic carbocycles. The molecule has 1 heterocycles. The summed E-state index contributed by atoms with van der Waals surface area (Å²) in [5, 5.41) is 3.54. The predicted octanol–water partition coefficient (Wildman–Crippen LogP) is 3.12. The number of methoxy groups -OCH3 is 1. The standard InChI is InChI=1S/C20H24N2O4S/c1-20(2)12-15-11-14(19(23)26-4)7-10-17(15)22-18(20)13-5-8-16(9-6-13)27(24,25)21-3/h5-11,18,21-22H,12H2,1-4H3. The van der Waals surface area contributed by atoms with Crippen molar-refractivity contribution in [3.05, 3.63) is 59.2 Å². The van der Waals surface area contributed by atoms with Crippen LogP contribution in [0.3, 0.4) is 0 Å². The summed E-state index contributed by atoms with van der Waals surface area (Å²) in [6, 6.07) is 12.5. The van der Waals surface area contributed by atoms with Crippen molar-refractivity contribution in [1.29, 1.82) is 0 Å². The first-order valence-corrected chi connectivity index (χ1v) is 10.2. The van der Waals surface area contributed by atoms with Gasteiger partial charge in [-0.3, -0.25) is 0 Å². The van der Waals surface area contributed by atoms with Crippen molar-refractivity contribution in [1.82, 2.24) is 4.72 Å². The fourth-order valence-corrected chi connectivity index (χ4v) is 4.29. The molecule has 1 aliphatic rings. The summed E-state index contributed by atoms with van der Waals surface area (Å²) < 4.78 is 31.0. The van der Waals surface area contributed by atoms with Gasteiger partial charge in [0.15, 0.2) is 0 Å². The van der Waals surface area contributed by atoms with Gasteiger partial charge >= 0.3 is 5.97 Å². The number of hydrogen-bond acceptors (Lipinski definition) is 5. The molecule has 0 saturated heterocycles. The summed E-state index contributed by atoms with van der Waals surface area (Å²) in [6.45, 7) is 4.30. The first kappa shape index (κ1) is 19.4. The zero-order valence-corrected chi connectivity index (χ0v) is 16.7. The molecule has 0 spiro atoms. The molecule has 27 heavy (non-hydrogen) atoms. The van der Waals surface area contributed by atoms with E-state index in [0.29, 0.717) is 5.56 Å². The molecule has 1 unspecified atom stereocenters. The number of carbonyl (C=O) groups is 1. The largest absolute Gasteiger partial charge is 0.465 e. The molecule has 1 aliphatic heterocycles. The van der Waals surface area contributed by atoms with Gasteiger partial charge in [0.05, 0.1) is 23.6 Å². The lowest BCUT2D eigenvalue weighted by molar-refractivity contribution is 0.0600. The first-order valence-electron chi connectivity index (χ1n) is 8.69. The third kappa shape index (κ3) is 3.70. The van der Waals surface area contributed by atoms with Crippen LogP contribution in [0, 0.1) is 5.41 Å². The van der Waals surface area contributed by atoms with Crippen LogP contribution in [-0.2, 0) is 21.2 Å². The Labute approximate surface area is 160 Å². The molecule has 0 saturated carbocycles. The van der Waals surface area contributed by atoms with Crippen molar-refractivity contribution in [2.75, 3.05) is 19.5 Å². The van der Waals surface area contributed by atoms with Crippen LogP contribution in [0.15, 0.2) is 47.4 Å². The van der Waals surface area contributed by atoms with Gasteiger partial charge in [-0.05, 0) is 60.3 Å². The molecule has 144 valence electrons. The Balaban J connectivity index is 1.93. The van der Waals surface area contributed by atoms with E-state index in [4.69, 9.17) is 4.74 Å². The average molecular weight is 388 g/mol. The van der Waals surface area contributed by atoms with Gasteiger partial charge in [0.25, 0.3) is 0 Å². The van der Waals surface area contributed by atoms with E-state index in [9.17, 15) is 13.2 Å². The van der Waals surface area contributed by atoms with Crippen LogP contribution in [0.5, 0.6) is 0 Å². The number of benzene rings is 2. The van der Waals surface area contributed by atoms with Gasteiger partial charge in [0.1, 0.15) is 0 Å². The van der Waals surface area contributed by atoms with Gasteiger partial charge < -0.3 is 10.1 Å². The Morgan fingerprint density at radius 1 is 1.19 bits per heavy atom. The second-order valence-electron chi connectivity index (χ2n) is 7.38. The number of hydrogen-bond donors (Lipinski definition) is 2. The maximum atomic E-state index is 11.9. The third-order valence-corrected chi connectivity index (χ3v) is 6.48. The fourth-order valence-electron chi connectivity index (χ4n) is 3.56. The topological polar surface area (TPSA) is 84.5 Å². The van der Waals surface area contributed by atoms with Gasteiger partial charge in [-0.2, -0.15) is 0 Å². The van der Waals surface area contributed by atoms with Crippen LogP contribution in [-0.4, -0.2) is 28.5 Å². The summed E-state index contributed by atoms with van der Waals surface area (Å²) in [5.74, 6) is -0.348. The zero-order chi connectivity index (χ0) is 19.8. The molecule has 2 N–H and O–H groups in total. The lowest BCUT2D eigenvalue weighted by Crippen LogP contribution is -2.35. The molecule has 2 aromatic carbocycles. The minimum Gasteiger partial charge on any atom is -0.465 e. The number of nitrogens with one attached hydrogen (secondary N) is 2. The molecule has 3 rings (SSSR count). The van der Waals surface area contributed by atoms with Crippen molar-refractivity contribution < 1.29 is 17.9 Å². The second kappa shape index (κ2) is 6.98. The molecular weight excluding hydrogens is 364 g/mol. The molecule has 2 aromatic rings. The second-order valence-corrected chi connectivity index (χ2v) is 9.27. The minimum atomic E-state index is -3.45. The number of carbonyl (C=O) groups excluding carboxylic acids is 1. The Morgan fingerprint density at radius 3 is 2.44 bits per heavy atom. The van der Waals surface area contributed by atoms with E-state index in [1.54, 1.807) is 18.2 Å². The maximum Gasteiger partial charge on any atom is 0.337 e. The fraction of sp³-hybridized carbons (Fsp3) is 0.350. The molecule has 0 amide bonds. The molecular formula is C20H24N2O4S. The van der Waals surface area contributed by atoms with E-state index in [1.165, 1.54) is 14.2 Å². The lowest BCUT2D eigenvalue weighted by atomic mass is 9.73. The van der Waals surface area contributed by atoms with E-state index in [0.717, 1.165) is 23.2 Å². The van der Waals surface area contributed by atoms with Crippen LogP contribution in [0.25, 0.3) is 0 Å². The average Bonchev–Trinajstić information content (AvgIpc) is 2.65. The van der Waals surface area contributed by atoms with Crippen molar-refractivity contribution in [2.24, 2.45) is 5.41 Å². The summed E-state index contributed by atoms with van der Waals surface area (Å²) in [6.07, 6.45) is 0.779. The van der Waals surface area contributed by atoms with E-state index in [1.807, 2.05) is 24.3 Å². The minimum absolute atomic E-state index is 0.0142. The van der Waals surface area contributed by atoms with E-state index >= 15 is 0 Å². The van der Waals surface area contributed by atoms with E-state index in [-0.39, 0.29) is 22.3 Å². The lowest BCUT2D eigenvalue weighted by Gasteiger charge is -2.41. The quantitative estimate of drug-likeness (QED) is 0.786. The number of ether oxygens (including phenoxy) is 1. The molecule has 0 fully saturated rings. The normalized spacial score (nSPS) is 18.3. The number of rotatable bonds is 4. The highest BCUT2D eigenvalue weighted by Crippen LogP contribution is 2.45. The SMILES string of the molecule is CNS(=O)(=O)c1ccc(C2Nc3ccc(C(=O)OC)cc3CC2(C)C)cc1. The molecule has 0 radical (unpaired) electrons. The molecule has 0 bridgehead atoms. The van der Waals surface area contributed by atoms with Crippen molar-refractivity contribution in [2.45, 2.75) is 31.2 Å². The summed E-state index contributed by atoms with van der Waals surface area (Å²) >= 11 is 0. The third-order valence-electron chi connectivity index (χ3n) is 5.05. The zero-order valence-electron chi connectivity index (χ0n) is 15.9. The number of sulfonamides is 1. The number of anilines is 1. The van der Waals surface area contributed by atoms with Gasteiger partial charge in [-0.1, -0.05) is 26.0 Å². The van der Waals surface area contributed by atoms with Crippen molar-refractivity contribution in [3.63, 3.8) is 0 Å². The molecule has 0 aromatic heterocycles. The predicted molar refractivity (Wildman–Crippen MR) is 104 cm³/mol. The Bertz CT molecular complexity index is 966. The summed E-state index contributed by atoms with van der Waals surface area (Å²) in [7, 11) is -0.682. The number of esters is 1. The smallest absolute Gasteiger partial charge is 0.337 e. The van der Waals surface area contributed by atoms with Crippen molar-refractivity contribution in [3.8, 4) is 0 Å². The Hall–Kier alpha value is -2.38. The van der Waals surface area contributed by atoms with Gasteiger partial charge in [-0.15, -0.1) is 0 Å². The van der Waals surface area contributed by atoms with E-state index in [2.05, 4.69) is 23.9 Å². The van der Waals surface area contributed by atoms with Gasteiger partial charge in [0.2, 0.25) is 10.0 Å². The van der Waals surface area contributed by atoms with Crippen LogP contribution < -0.4 is 10.0 Å². The van der Waals surface area contributed by atoms with Crippen molar-refractivity contribution >= 4 is 21.7 Å². The van der Waals surface area contributed by atoms with E-state index < -0.39 is 10.0 Å². The molecule has 7 heteroatoms. The highest BCUT2D eigenvalue weighted by molar-refractivity contribution is 7.89. The highest BCUT2D eigenvalue weighted by atomic mass is 32.2. The van der Waals surface area contributed by atoms with Crippen LogP contribution >= 0.6 is 0 Å². The monoisotopic (exact) mass is 388 g/mol. The van der Waals surface area contributed by atoms with Crippen LogP contribution in [0.1, 0.15) is 41.4 Å². The maximum absolute atomic E-state index is 11.9. The molecule has 1 atom stereocenters. The Morgan fingerprint density at radius 2 is 1.85 bits per heavy atom. The van der Waals surface area contributed by atoms with Gasteiger partial charge in [-0.25, -0.2) is 17.9 Å². The van der Waals surface area contributed by atoms with Crippen LogP contribution in [0.4, 0.5) is 5.69 Å². The highest BCUT2D eigenvalue weighted by Gasteiger charge is 2.36. The summed E-state index contributed by atoms with van der Waals surface area (Å²) in [5.41, 5.74) is 3.45. The van der Waals surface area contributed by atoms with Crippen LogP contribution in [0.2, 0.25) is 0 Å².